The van der Waals surface area contributed by atoms with Crippen LogP contribution in [-0.2, 0) is 12.8 Å². The molecule has 1 heterocycles. The third-order valence-electron chi connectivity index (χ3n) is 3.44. The Morgan fingerprint density at radius 3 is 2.89 bits per heavy atom. The summed E-state index contributed by atoms with van der Waals surface area (Å²) < 4.78 is 5.86. The Labute approximate surface area is 108 Å². The number of hydrogen-bond acceptors (Lipinski definition) is 3. The van der Waals surface area contributed by atoms with Crippen molar-refractivity contribution in [2.75, 3.05) is 0 Å². The van der Waals surface area contributed by atoms with Crippen LogP contribution in [0.2, 0.25) is 0 Å². The van der Waals surface area contributed by atoms with E-state index in [1.165, 1.54) is 6.92 Å². The normalized spacial score (nSPS) is 18.1. The summed E-state index contributed by atoms with van der Waals surface area (Å²) in [6.07, 6.45) is 3.70. The standard InChI is InChI=1S/C15H20O3/c1-4-5-12-14(17)13(10(3)16)8-11-7-6-9(2)18-15(11)12/h8-9,17H,4-7H2,1-3H3. The van der Waals surface area contributed by atoms with Gasteiger partial charge in [-0.2, -0.15) is 0 Å². The SMILES string of the molecule is CCCc1c(O)c(C(C)=O)cc2c1OC(C)CC2. The number of rotatable bonds is 3. The fourth-order valence-electron chi connectivity index (χ4n) is 2.47. The van der Waals surface area contributed by atoms with Crippen molar-refractivity contribution in [1.82, 2.24) is 0 Å². The highest BCUT2D eigenvalue weighted by Gasteiger charge is 2.24. The van der Waals surface area contributed by atoms with Crippen LogP contribution in [0.15, 0.2) is 6.07 Å². The zero-order chi connectivity index (χ0) is 13.3. The van der Waals surface area contributed by atoms with E-state index in [1.54, 1.807) is 6.07 Å². The summed E-state index contributed by atoms with van der Waals surface area (Å²) >= 11 is 0. The van der Waals surface area contributed by atoms with E-state index in [1.807, 2.05) is 6.92 Å². The predicted octanol–water partition coefficient (Wildman–Crippen LogP) is 3.26. The van der Waals surface area contributed by atoms with Crippen LogP contribution in [0.3, 0.4) is 0 Å². The molecular weight excluding hydrogens is 228 g/mol. The largest absolute Gasteiger partial charge is 0.507 e. The molecule has 1 N–H and O–H groups in total. The average molecular weight is 248 g/mol. The first-order chi connectivity index (χ1) is 8.54. The highest BCUT2D eigenvalue weighted by molar-refractivity contribution is 5.97. The van der Waals surface area contributed by atoms with Crippen LogP contribution in [0.4, 0.5) is 0 Å². The van der Waals surface area contributed by atoms with E-state index in [4.69, 9.17) is 4.74 Å². The molecule has 0 aliphatic carbocycles. The van der Waals surface area contributed by atoms with Crippen LogP contribution in [0.5, 0.6) is 11.5 Å². The van der Waals surface area contributed by atoms with Gasteiger partial charge in [0.15, 0.2) is 5.78 Å². The van der Waals surface area contributed by atoms with E-state index in [0.717, 1.165) is 42.6 Å². The molecule has 0 fully saturated rings. The number of carbonyl (C=O) groups is 1. The van der Waals surface area contributed by atoms with Crippen LogP contribution >= 0.6 is 0 Å². The maximum Gasteiger partial charge on any atom is 0.163 e. The first-order valence-electron chi connectivity index (χ1n) is 6.59. The highest BCUT2D eigenvalue weighted by Crippen LogP contribution is 2.40. The second-order valence-electron chi connectivity index (χ2n) is 5.01. The number of phenolic OH excluding ortho intramolecular Hbond substituents is 1. The molecule has 98 valence electrons. The summed E-state index contributed by atoms with van der Waals surface area (Å²) in [5.74, 6) is 0.821. The van der Waals surface area contributed by atoms with Crippen LogP contribution in [-0.4, -0.2) is 17.0 Å². The number of ketones is 1. The number of hydrogen-bond donors (Lipinski definition) is 1. The van der Waals surface area contributed by atoms with Gasteiger partial charge >= 0.3 is 0 Å². The number of benzene rings is 1. The second kappa shape index (κ2) is 5.01. The van der Waals surface area contributed by atoms with Crippen LogP contribution in [0.25, 0.3) is 0 Å². The Kier molecular flexibility index (Phi) is 3.60. The van der Waals surface area contributed by atoms with Crippen molar-refractivity contribution in [3.63, 3.8) is 0 Å². The summed E-state index contributed by atoms with van der Waals surface area (Å²) in [5.41, 5.74) is 2.28. The number of carbonyl (C=O) groups excluding carboxylic acids is 1. The monoisotopic (exact) mass is 248 g/mol. The minimum Gasteiger partial charge on any atom is -0.507 e. The minimum absolute atomic E-state index is 0.0914. The first kappa shape index (κ1) is 12.9. The smallest absolute Gasteiger partial charge is 0.163 e. The number of Topliss-reactive ketones (excluding diaryl/α,β-unsaturated/α-hetero) is 1. The van der Waals surface area contributed by atoms with Crippen molar-refractivity contribution in [2.24, 2.45) is 0 Å². The van der Waals surface area contributed by atoms with Gasteiger partial charge in [-0.3, -0.25) is 4.79 Å². The van der Waals surface area contributed by atoms with Crippen LogP contribution in [0.1, 0.15) is 55.1 Å². The molecule has 3 heteroatoms. The molecule has 18 heavy (non-hydrogen) atoms. The summed E-state index contributed by atoms with van der Waals surface area (Å²) in [6, 6.07) is 1.79. The van der Waals surface area contributed by atoms with Gasteiger partial charge < -0.3 is 9.84 Å². The minimum atomic E-state index is -0.0914. The molecule has 1 aromatic carbocycles. The second-order valence-corrected chi connectivity index (χ2v) is 5.01. The lowest BCUT2D eigenvalue weighted by Crippen LogP contribution is -2.20. The van der Waals surface area contributed by atoms with Gasteiger partial charge in [0.05, 0.1) is 11.7 Å². The predicted molar refractivity (Wildman–Crippen MR) is 70.5 cm³/mol. The molecule has 0 spiro atoms. The van der Waals surface area contributed by atoms with E-state index >= 15 is 0 Å². The topological polar surface area (TPSA) is 46.5 Å². The fraction of sp³-hybridized carbons (Fsp3) is 0.533. The molecule has 0 saturated heterocycles. The van der Waals surface area contributed by atoms with Crippen molar-refractivity contribution in [2.45, 2.75) is 52.6 Å². The maximum absolute atomic E-state index is 11.6. The number of aryl methyl sites for hydroxylation is 1. The third-order valence-corrected chi connectivity index (χ3v) is 3.44. The van der Waals surface area contributed by atoms with Crippen molar-refractivity contribution < 1.29 is 14.6 Å². The molecular formula is C15H20O3. The summed E-state index contributed by atoms with van der Waals surface area (Å²) in [6.45, 7) is 5.58. The van der Waals surface area contributed by atoms with Gasteiger partial charge in [-0.15, -0.1) is 0 Å². The van der Waals surface area contributed by atoms with E-state index in [-0.39, 0.29) is 17.6 Å². The molecule has 1 unspecified atom stereocenters. The average Bonchev–Trinajstić information content (AvgIpc) is 2.32. The van der Waals surface area contributed by atoms with E-state index in [9.17, 15) is 9.90 Å². The fourth-order valence-corrected chi connectivity index (χ4v) is 2.47. The summed E-state index contributed by atoms with van der Waals surface area (Å²) in [4.78, 5) is 11.6. The molecule has 0 bridgehead atoms. The summed E-state index contributed by atoms with van der Waals surface area (Å²) in [7, 11) is 0. The van der Waals surface area contributed by atoms with Crippen molar-refractivity contribution >= 4 is 5.78 Å². The molecule has 1 aliphatic heterocycles. The molecule has 0 saturated carbocycles. The Bertz CT molecular complexity index is 477. The third kappa shape index (κ3) is 2.22. The van der Waals surface area contributed by atoms with Gasteiger partial charge in [0.25, 0.3) is 0 Å². The van der Waals surface area contributed by atoms with Crippen LogP contribution in [0, 0.1) is 0 Å². The van der Waals surface area contributed by atoms with Crippen molar-refractivity contribution in [3.05, 3.63) is 22.8 Å². The van der Waals surface area contributed by atoms with E-state index in [0.29, 0.717) is 5.56 Å². The van der Waals surface area contributed by atoms with Gasteiger partial charge in [0, 0.05) is 5.56 Å². The molecule has 0 radical (unpaired) electrons. The van der Waals surface area contributed by atoms with Crippen molar-refractivity contribution in [3.8, 4) is 11.5 Å². The Morgan fingerprint density at radius 1 is 1.56 bits per heavy atom. The Morgan fingerprint density at radius 2 is 2.28 bits per heavy atom. The highest BCUT2D eigenvalue weighted by atomic mass is 16.5. The Balaban J connectivity index is 2.59. The molecule has 1 atom stereocenters. The van der Waals surface area contributed by atoms with Crippen molar-refractivity contribution in [1.29, 1.82) is 0 Å². The number of phenols is 1. The van der Waals surface area contributed by atoms with E-state index < -0.39 is 0 Å². The number of ether oxygens (including phenoxy) is 1. The zero-order valence-electron chi connectivity index (χ0n) is 11.2. The Hall–Kier alpha value is -1.51. The molecule has 3 nitrogen and oxygen atoms in total. The van der Waals surface area contributed by atoms with Gasteiger partial charge in [-0.1, -0.05) is 13.3 Å². The first-order valence-corrected chi connectivity index (χ1v) is 6.59. The lowest BCUT2D eigenvalue weighted by molar-refractivity contribution is 0.101. The summed E-state index contributed by atoms with van der Waals surface area (Å²) in [5, 5.41) is 10.2. The zero-order valence-corrected chi connectivity index (χ0v) is 11.2. The van der Waals surface area contributed by atoms with Gasteiger partial charge in [-0.05, 0) is 44.7 Å². The number of fused-ring (bicyclic) bond motifs is 1. The van der Waals surface area contributed by atoms with Crippen LogP contribution < -0.4 is 4.74 Å². The van der Waals surface area contributed by atoms with Gasteiger partial charge in [0.2, 0.25) is 0 Å². The molecule has 0 aromatic heterocycles. The lowest BCUT2D eigenvalue weighted by Gasteiger charge is -2.27. The molecule has 0 amide bonds. The quantitative estimate of drug-likeness (QED) is 0.835. The maximum atomic E-state index is 11.6. The van der Waals surface area contributed by atoms with Gasteiger partial charge in [0.1, 0.15) is 11.5 Å². The lowest BCUT2D eigenvalue weighted by atomic mass is 9.93. The molecule has 1 aliphatic rings. The van der Waals surface area contributed by atoms with E-state index in [2.05, 4.69) is 6.92 Å². The number of aromatic hydroxyl groups is 1. The molecule has 1 aromatic rings. The van der Waals surface area contributed by atoms with Gasteiger partial charge in [-0.25, -0.2) is 0 Å². The molecule has 2 rings (SSSR count).